The number of hydrogen-bond donors (Lipinski definition) is 1. The molecule has 0 atom stereocenters. The summed E-state index contributed by atoms with van der Waals surface area (Å²) in [6.07, 6.45) is 0. The molecule has 5 aromatic rings. The van der Waals surface area contributed by atoms with E-state index < -0.39 is 8.32 Å². The van der Waals surface area contributed by atoms with E-state index in [1.807, 2.05) is 12.1 Å². The second-order valence-electron chi connectivity index (χ2n) is 10.6. The quantitative estimate of drug-likeness (QED) is 0.257. The summed E-state index contributed by atoms with van der Waals surface area (Å²) in [7, 11) is -2.07. The van der Waals surface area contributed by atoms with E-state index in [1.54, 1.807) is 0 Å². The first-order valence-electron chi connectivity index (χ1n) is 12.2. The summed E-state index contributed by atoms with van der Waals surface area (Å²) >= 11 is 0. The Labute approximate surface area is 209 Å². The van der Waals surface area contributed by atoms with Crippen molar-refractivity contribution in [3.05, 3.63) is 97.1 Å². The van der Waals surface area contributed by atoms with Crippen LogP contribution in [-0.2, 0) is 0 Å². The van der Waals surface area contributed by atoms with Gasteiger partial charge in [-0.1, -0.05) is 112 Å². The Balaban J connectivity index is 1.77. The molecule has 1 N–H and O–H groups in total. The predicted molar refractivity (Wildman–Crippen MR) is 150 cm³/mol. The Hall–Kier alpha value is -3.63. The first-order valence-corrected chi connectivity index (χ1v) is 15.1. The standard InChI is InChI=1S/C31H32N2OSi/c1-31(2,3)35(4,5)34-26-21-20-22-14-12-13-19-25(22)27(26)30-32-28(23-15-8-6-9-16-23)29(33-30)24-17-10-7-11-18-24/h6-21H,1-5H3,(H,32,33). The van der Waals surface area contributed by atoms with Crippen LogP contribution in [-0.4, -0.2) is 18.3 Å². The van der Waals surface area contributed by atoms with Gasteiger partial charge in [0.2, 0.25) is 0 Å². The third-order valence-electron chi connectivity index (χ3n) is 7.11. The summed E-state index contributed by atoms with van der Waals surface area (Å²) < 4.78 is 6.90. The minimum atomic E-state index is -2.07. The van der Waals surface area contributed by atoms with Gasteiger partial charge in [0.25, 0.3) is 8.32 Å². The molecule has 0 saturated heterocycles. The van der Waals surface area contributed by atoms with Gasteiger partial charge < -0.3 is 9.41 Å². The van der Waals surface area contributed by atoms with E-state index in [0.717, 1.165) is 45.0 Å². The molecule has 176 valence electrons. The molecule has 0 unspecified atom stereocenters. The van der Waals surface area contributed by atoms with E-state index in [1.165, 1.54) is 5.39 Å². The fraction of sp³-hybridized carbons (Fsp3) is 0.194. The molecule has 0 aliphatic heterocycles. The Morgan fingerprint density at radius 1 is 0.714 bits per heavy atom. The average Bonchev–Trinajstić information content (AvgIpc) is 3.29. The lowest BCUT2D eigenvalue weighted by atomic mass is 10.0. The highest BCUT2D eigenvalue weighted by molar-refractivity contribution is 6.74. The zero-order chi connectivity index (χ0) is 24.6. The van der Waals surface area contributed by atoms with E-state index in [2.05, 4.69) is 124 Å². The van der Waals surface area contributed by atoms with Crippen LogP contribution in [0.1, 0.15) is 20.8 Å². The third-order valence-corrected chi connectivity index (χ3v) is 11.5. The van der Waals surface area contributed by atoms with Crippen molar-refractivity contribution in [3.8, 4) is 39.7 Å². The summed E-state index contributed by atoms with van der Waals surface area (Å²) in [5.41, 5.74) is 5.17. The van der Waals surface area contributed by atoms with Crippen molar-refractivity contribution in [3.63, 3.8) is 0 Å². The zero-order valence-corrected chi connectivity index (χ0v) is 22.1. The Morgan fingerprint density at radius 2 is 1.31 bits per heavy atom. The van der Waals surface area contributed by atoms with Crippen LogP contribution in [0.2, 0.25) is 18.1 Å². The lowest BCUT2D eigenvalue weighted by Crippen LogP contribution is -2.44. The average molecular weight is 477 g/mol. The number of imidazole rings is 1. The SMILES string of the molecule is CC(C)(C)[Si](C)(C)Oc1ccc2ccccc2c1-c1nc(-c2ccccc2)c(-c2ccccc2)[nH]1. The van der Waals surface area contributed by atoms with Gasteiger partial charge in [0, 0.05) is 11.1 Å². The summed E-state index contributed by atoms with van der Waals surface area (Å²) in [6, 6.07) is 33.5. The maximum atomic E-state index is 6.90. The smallest absolute Gasteiger partial charge is 0.250 e. The molecule has 5 rings (SSSR count). The topological polar surface area (TPSA) is 37.9 Å². The molecule has 0 saturated carbocycles. The number of fused-ring (bicyclic) bond motifs is 1. The van der Waals surface area contributed by atoms with Gasteiger partial charge in [-0.15, -0.1) is 0 Å². The van der Waals surface area contributed by atoms with Crippen LogP contribution in [0.25, 0.3) is 44.7 Å². The fourth-order valence-electron chi connectivity index (χ4n) is 4.12. The molecule has 0 bridgehead atoms. The fourth-order valence-corrected chi connectivity index (χ4v) is 5.15. The number of H-pyrrole nitrogens is 1. The molecular weight excluding hydrogens is 444 g/mol. The minimum Gasteiger partial charge on any atom is -0.543 e. The van der Waals surface area contributed by atoms with Crippen molar-refractivity contribution < 1.29 is 4.43 Å². The summed E-state index contributed by atoms with van der Waals surface area (Å²) in [5, 5.41) is 2.39. The number of aromatic nitrogens is 2. The lowest BCUT2D eigenvalue weighted by molar-refractivity contribution is 0.494. The van der Waals surface area contributed by atoms with Crippen molar-refractivity contribution in [1.29, 1.82) is 0 Å². The first-order chi connectivity index (χ1) is 16.7. The highest BCUT2D eigenvalue weighted by Gasteiger charge is 2.39. The summed E-state index contributed by atoms with van der Waals surface area (Å²) in [5.74, 6) is 1.72. The highest BCUT2D eigenvalue weighted by atomic mass is 28.4. The number of aromatic amines is 1. The van der Waals surface area contributed by atoms with E-state index in [4.69, 9.17) is 9.41 Å². The maximum Gasteiger partial charge on any atom is 0.250 e. The van der Waals surface area contributed by atoms with Gasteiger partial charge in [0.1, 0.15) is 11.6 Å². The molecule has 0 radical (unpaired) electrons. The van der Waals surface area contributed by atoms with Crippen LogP contribution in [0.15, 0.2) is 97.1 Å². The predicted octanol–water partition coefficient (Wildman–Crippen LogP) is 8.95. The number of nitrogens with zero attached hydrogens (tertiary/aromatic N) is 1. The summed E-state index contributed by atoms with van der Waals surface area (Å²) in [6.45, 7) is 11.4. The molecule has 0 spiro atoms. The second kappa shape index (κ2) is 8.86. The molecule has 3 nitrogen and oxygen atoms in total. The molecule has 1 aromatic heterocycles. The Kier molecular flexibility index (Phi) is 5.85. The van der Waals surface area contributed by atoms with Crippen LogP contribution in [0.3, 0.4) is 0 Å². The third kappa shape index (κ3) is 4.42. The van der Waals surface area contributed by atoms with Gasteiger partial charge in [0.15, 0.2) is 0 Å². The van der Waals surface area contributed by atoms with Gasteiger partial charge in [-0.05, 0) is 35.0 Å². The molecule has 1 heterocycles. The van der Waals surface area contributed by atoms with Crippen LogP contribution >= 0.6 is 0 Å². The maximum absolute atomic E-state index is 6.90. The number of nitrogens with one attached hydrogen (secondary N) is 1. The van der Waals surface area contributed by atoms with Gasteiger partial charge in [-0.2, -0.15) is 0 Å². The Morgan fingerprint density at radius 3 is 1.97 bits per heavy atom. The number of rotatable bonds is 5. The van der Waals surface area contributed by atoms with E-state index in [-0.39, 0.29) is 5.04 Å². The van der Waals surface area contributed by atoms with Crippen LogP contribution in [0.4, 0.5) is 0 Å². The largest absolute Gasteiger partial charge is 0.543 e. The van der Waals surface area contributed by atoms with Gasteiger partial charge in [-0.3, -0.25) is 0 Å². The molecule has 0 fully saturated rings. The van der Waals surface area contributed by atoms with Crippen molar-refractivity contribution in [2.45, 2.75) is 38.9 Å². The highest BCUT2D eigenvalue weighted by Crippen LogP contribution is 2.43. The number of hydrogen-bond acceptors (Lipinski definition) is 2. The molecule has 0 amide bonds. The van der Waals surface area contributed by atoms with Gasteiger partial charge >= 0.3 is 0 Å². The van der Waals surface area contributed by atoms with Crippen molar-refractivity contribution in [2.24, 2.45) is 0 Å². The Bertz CT molecular complexity index is 1410. The molecule has 0 aliphatic rings. The van der Waals surface area contributed by atoms with E-state index in [0.29, 0.717) is 0 Å². The molecule has 4 heteroatoms. The van der Waals surface area contributed by atoms with Gasteiger partial charge in [0.05, 0.1) is 17.0 Å². The van der Waals surface area contributed by atoms with Crippen LogP contribution in [0, 0.1) is 0 Å². The van der Waals surface area contributed by atoms with Crippen LogP contribution in [0.5, 0.6) is 5.75 Å². The number of benzene rings is 4. The zero-order valence-electron chi connectivity index (χ0n) is 21.1. The first kappa shape index (κ1) is 23.1. The van der Waals surface area contributed by atoms with E-state index >= 15 is 0 Å². The monoisotopic (exact) mass is 476 g/mol. The summed E-state index contributed by atoms with van der Waals surface area (Å²) in [4.78, 5) is 8.90. The molecule has 4 aromatic carbocycles. The van der Waals surface area contributed by atoms with Gasteiger partial charge in [-0.25, -0.2) is 4.98 Å². The van der Waals surface area contributed by atoms with Crippen molar-refractivity contribution in [1.82, 2.24) is 9.97 Å². The van der Waals surface area contributed by atoms with Crippen LogP contribution < -0.4 is 4.43 Å². The molecular formula is C31H32N2OSi. The molecule has 35 heavy (non-hydrogen) atoms. The normalized spacial score (nSPS) is 12.1. The van der Waals surface area contributed by atoms with Crippen molar-refractivity contribution in [2.75, 3.05) is 0 Å². The van der Waals surface area contributed by atoms with E-state index in [9.17, 15) is 0 Å². The van der Waals surface area contributed by atoms with Crippen molar-refractivity contribution >= 4 is 19.1 Å². The molecule has 0 aliphatic carbocycles. The second-order valence-corrected chi connectivity index (χ2v) is 15.3. The lowest BCUT2D eigenvalue weighted by Gasteiger charge is -2.37. The minimum absolute atomic E-state index is 0.0868.